The van der Waals surface area contributed by atoms with Crippen LogP contribution in [-0.4, -0.2) is 53.5 Å². The lowest BCUT2D eigenvalue weighted by atomic mass is 10.00. The number of anilines is 3. The Morgan fingerprint density at radius 2 is 1.50 bits per heavy atom. The molecule has 4 rings (SSSR count). The molecule has 1 heterocycles. The minimum absolute atomic E-state index is 0.277. The fourth-order valence-electron chi connectivity index (χ4n) is 4.53. The first kappa shape index (κ1) is 28.0. The van der Waals surface area contributed by atoms with Gasteiger partial charge in [0.05, 0.1) is 23.7 Å². The zero-order valence-electron chi connectivity index (χ0n) is 22.2. The van der Waals surface area contributed by atoms with E-state index in [0.29, 0.717) is 48.9 Å². The number of carbonyl (C=O) groups is 1. The maximum absolute atomic E-state index is 12.7. The highest BCUT2D eigenvalue weighted by atomic mass is 35.5. The molecule has 202 valence electrons. The molecular weight excluding hydrogens is 522 g/mol. The van der Waals surface area contributed by atoms with Crippen LogP contribution in [-0.2, 0) is 28.8 Å². The van der Waals surface area contributed by atoms with Gasteiger partial charge in [-0.15, -0.1) is 0 Å². The van der Waals surface area contributed by atoms with E-state index < -0.39 is 11.3 Å². The summed E-state index contributed by atoms with van der Waals surface area (Å²) in [5, 5.41) is 0.669. The van der Waals surface area contributed by atoms with Crippen molar-refractivity contribution in [1.29, 1.82) is 0 Å². The Bertz CT molecular complexity index is 1300. The van der Waals surface area contributed by atoms with E-state index in [9.17, 15) is 13.6 Å². The summed E-state index contributed by atoms with van der Waals surface area (Å²) in [6, 6.07) is 19.1. The van der Waals surface area contributed by atoms with Gasteiger partial charge in [-0.25, -0.2) is 13.3 Å². The van der Waals surface area contributed by atoms with Gasteiger partial charge in [0.1, 0.15) is 0 Å². The number of hydrogen-bond acceptors (Lipinski definition) is 4. The van der Waals surface area contributed by atoms with Gasteiger partial charge >= 0.3 is 6.09 Å². The SMILES string of the molecule is CC(C)COC(=O)N1CCc2cc(N(C)C)c(N(c3ccc(-c4ccc(Cl)cc4)cc3)S(=O)O)cc2CC1. The van der Waals surface area contributed by atoms with Crippen LogP contribution < -0.4 is 9.21 Å². The van der Waals surface area contributed by atoms with E-state index in [4.69, 9.17) is 16.3 Å². The fraction of sp³-hybridized carbons (Fsp3) is 0.345. The Morgan fingerprint density at radius 3 is 2.00 bits per heavy atom. The monoisotopic (exact) mass is 555 g/mol. The summed E-state index contributed by atoms with van der Waals surface area (Å²) < 4.78 is 30.0. The maximum atomic E-state index is 12.7. The number of rotatable bonds is 7. The Balaban J connectivity index is 1.65. The molecule has 3 aromatic rings. The number of benzene rings is 3. The zero-order chi connectivity index (χ0) is 27.4. The van der Waals surface area contributed by atoms with Crippen molar-refractivity contribution in [2.24, 2.45) is 5.92 Å². The third-order valence-corrected chi connectivity index (χ3v) is 7.51. The zero-order valence-corrected chi connectivity index (χ0v) is 23.8. The van der Waals surface area contributed by atoms with Crippen LogP contribution in [0.2, 0.25) is 5.02 Å². The summed E-state index contributed by atoms with van der Waals surface area (Å²) in [5.41, 5.74) is 6.21. The van der Waals surface area contributed by atoms with Crippen LogP contribution in [0.5, 0.6) is 0 Å². The Hall–Kier alpha value is -3.07. The molecule has 0 bridgehead atoms. The Kier molecular flexibility index (Phi) is 8.97. The van der Waals surface area contributed by atoms with E-state index in [-0.39, 0.29) is 12.0 Å². The molecule has 38 heavy (non-hydrogen) atoms. The van der Waals surface area contributed by atoms with E-state index in [0.717, 1.165) is 27.9 Å². The highest BCUT2D eigenvalue weighted by molar-refractivity contribution is 7.81. The highest BCUT2D eigenvalue weighted by Crippen LogP contribution is 2.38. The van der Waals surface area contributed by atoms with Gasteiger partial charge in [-0.1, -0.05) is 49.7 Å². The molecular formula is C29H34ClN3O4S. The first-order chi connectivity index (χ1) is 18.1. The molecule has 0 saturated heterocycles. The van der Waals surface area contributed by atoms with Crippen LogP contribution >= 0.6 is 11.6 Å². The molecule has 1 atom stereocenters. The molecule has 1 aliphatic heterocycles. The summed E-state index contributed by atoms with van der Waals surface area (Å²) in [6.45, 7) is 5.52. The number of halogens is 1. The van der Waals surface area contributed by atoms with E-state index in [1.165, 1.54) is 4.31 Å². The van der Waals surface area contributed by atoms with Gasteiger partial charge in [-0.3, -0.25) is 4.55 Å². The lowest BCUT2D eigenvalue weighted by molar-refractivity contribution is 0.0935. The van der Waals surface area contributed by atoms with Crippen LogP contribution in [0.3, 0.4) is 0 Å². The fourth-order valence-corrected chi connectivity index (χ4v) is 5.27. The second kappa shape index (κ2) is 12.2. The van der Waals surface area contributed by atoms with Crippen molar-refractivity contribution < 1.29 is 18.3 Å². The molecule has 9 heteroatoms. The second-order valence-corrected chi connectivity index (χ2v) is 11.3. The molecule has 0 aliphatic carbocycles. The highest BCUT2D eigenvalue weighted by Gasteiger charge is 2.25. The largest absolute Gasteiger partial charge is 0.449 e. The van der Waals surface area contributed by atoms with Crippen LogP contribution in [0, 0.1) is 5.92 Å². The van der Waals surface area contributed by atoms with Gasteiger partial charge in [0.25, 0.3) is 11.3 Å². The van der Waals surface area contributed by atoms with Gasteiger partial charge in [0, 0.05) is 32.2 Å². The van der Waals surface area contributed by atoms with E-state index in [2.05, 4.69) is 6.07 Å². The number of carbonyl (C=O) groups excluding carboxylic acids is 1. The van der Waals surface area contributed by atoms with Gasteiger partial charge in [-0.05, 0) is 77.4 Å². The molecule has 7 nitrogen and oxygen atoms in total. The van der Waals surface area contributed by atoms with Crippen molar-refractivity contribution >= 4 is 46.0 Å². The average Bonchev–Trinajstić information content (AvgIpc) is 3.10. The van der Waals surface area contributed by atoms with Crippen molar-refractivity contribution in [2.45, 2.75) is 26.7 Å². The molecule has 1 aliphatic rings. The lowest BCUT2D eigenvalue weighted by Crippen LogP contribution is -2.34. The topological polar surface area (TPSA) is 73.3 Å². The molecule has 0 radical (unpaired) electrons. The van der Waals surface area contributed by atoms with Crippen LogP contribution in [0.25, 0.3) is 11.1 Å². The molecule has 0 saturated carbocycles. The first-order valence-corrected chi connectivity index (χ1v) is 14.1. The number of ether oxygens (including phenoxy) is 1. The second-order valence-electron chi connectivity index (χ2n) is 10.0. The molecule has 1 unspecified atom stereocenters. The summed E-state index contributed by atoms with van der Waals surface area (Å²) in [7, 11) is 3.83. The summed E-state index contributed by atoms with van der Waals surface area (Å²) in [6.07, 6.45) is 1.03. The first-order valence-electron chi connectivity index (χ1n) is 12.7. The van der Waals surface area contributed by atoms with E-state index >= 15 is 0 Å². The predicted octanol–water partition coefficient (Wildman–Crippen LogP) is 6.54. The quantitative estimate of drug-likeness (QED) is 0.335. The minimum atomic E-state index is -2.31. The average molecular weight is 556 g/mol. The van der Waals surface area contributed by atoms with Crippen molar-refractivity contribution in [3.63, 3.8) is 0 Å². The van der Waals surface area contributed by atoms with E-state index in [1.807, 2.05) is 87.4 Å². The van der Waals surface area contributed by atoms with E-state index in [1.54, 1.807) is 4.90 Å². The van der Waals surface area contributed by atoms with Gasteiger partial charge in [0.2, 0.25) is 0 Å². The summed E-state index contributed by atoms with van der Waals surface area (Å²) in [5.74, 6) is 0.277. The van der Waals surface area contributed by atoms with Crippen molar-refractivity contribution in [1.82, 2.24) is 4.90 Å². The Labute approximate surface area is 232 Å². The molecule has 3 aromatic carbocycles. The summed E-state index contributed by atoms with van der Waals surface area (Å²) in [4.78, 5) is 16.3. The number of amides is 1. The van der Waals surface area contributed by atoms with Crippen LogP contribution in [0.15, 0.2) is 60.7 Å². The van der Waals surface area contributed by atoms with Crippen LogP contribution in [0.1, 0.15) is 25.0 Å². The molecule has 1 amide bonds. The van der Waals surface area contributed by atoms with Gasteiger partial charge in [0.15, 0.2) is 0 Å². The lowest BCUT2D eigenvalue weighted by Gasteiger charge is -2.27. The van der Waals surface area contributed by atoms with Crippen molar-refractivity contribution in [3.8, 4) is 11.1 Å². The normalized spacial score (nSPS) is 14.0. The number of nitrogens with zero attached hydrogens (tertiary/aromatic N) is 3. The van der Waals surface area contributed by atoms with Gasteiger partial charge < -0.3 is 14.5 Å². The smallest absolute Gasteiger partial charge is 0.409 e. The third-order valence-electron chi connectivity index (χ3n) is 6.53. The number of fused-ring (bicyclic) bond motifs is 1. The molecule has 1 N–H and O–H groups in total. The minimum Gasteiger partial charge on any atom is -0.449 e. The maximum Gasteiger partial charge on any atom is 0.409 e. The van der Waals surface area contributed by atoms with Crippen LogP contribution in [0.4, 0.5) is 21.9 Å². The summed E-state index contributed by atoms with van der Waals surface area (Å²) >= 11 is 3.71. The van der Waals surface area contributed by atoms with Gasteiger partial charge in [-0.2, -0.15) is 0 Å². The number of hydrogen-bond donors (Lipinski definition) is 1. The standard InChI is InChI=1S/C29H34ClN3O4S/c1-20(2)19-37-29(34)32-15-13-23-17-27(31(3)4)28(18-24(23)14-16-32)33(38(35)36)26-11-7-22(8-12-26)21-5-9-25(30)10-6-21/h5-12,17-18,20H,13-16,19H2,1-4H3,(H,35,36). The molecule has 0 aromatic heterocycles. The third kappa shape index (κ3) is 6.49. The van der Waals surface area contributed by atoms with Crippen molar-refractivity contribution in [2.75, 3.05) is 43.0 Å². The Morgan fingerprint density at radius 1 is 0.974 bits per heavy atom. The predicted molar refractivity (Wildman–Crippen MR) is 156 cm³/mol. The molecule has 0 spiro atoms. The van der Waals surface area contributed by atoms with Crippen molar-refractivity contribution in [3.05, 3.63) is 76.8 Å². The molecule has 0 fully saturated rings.